The fraction of sp³-hybridized carbons (Fsp3) is 0.353. The van der Waals surface area contributed by atoms with E-state index in [9.17, 15) is 0 Å². The Morgan fingerprint density at radius 3 is 2.67 bits per heavy atom. The van der Waals surface area contributed by atoms with Gasteiger partial charge in [-0.15, -0.1) is 0 Å². The maximum Gasteiger partial charge on any atom is 0.0602 e. The summed E-state index contributed by atoms with van der Waals surface area (Å²) in [5.41, 5.74) is 10.6. The summed E-state index contributed by atoms with van der Waals surface area (Å²) in [6, 6.07) is 12.4. The van der Waals surface area contributed by atoms with Crippen LogP contribution in [0, 0.1) is 6.92 Å². The van der Waals surface area contributed by atoms with E-state index < -0.39 is 0 Å². The highest BCUT2D eigenvalue weighted by Crippen LogP contribution is 2.29. The zero-order valence-electron chi connectivity index (χ0n) is 12.8. The van der Waals surface area contributed by atoms with Crippen molar-refractivity contribution < 1.29 is 0 Å². The van der Waals surface area contributed by atoms with Gasteiger partial charge in [0.05, 0.1) is 12.2 Å². The first-order valence-corrected chi connectivity index (χ1v) is 8.03. The topological polar surface area (TPSA) is 42.2 Å². The smallest absolute Gasteiger partial charge is 0.0602 e. The van der Waals surface area contributed by atoms with Crippen molar-refractivity contribution in [3.63, 3.8) is 0 Å². The minimum Gasteiger partial charge on any atom is -0.366 e. The molecule has 0 bridgehead atoms. The summed E-state index contributed by atoms with van der Waals surface area (Å²) >= 11 is 3.53. The van der Waals surface area contributed by atoms with Crippen molar-refractivity contribution in [1.29, 1.82) is 0 Å². The van der Waals surface area contributed by atoms with E-state index in [0.717, 1.165) is 34.5 Å². The SMILES string of the molecule is CCN(Cc1cccc(C)n1)c1ccc(Br)cc1C(C)N. The molecule has 0 aliphatic heterocycles. The largest absolute Gasteiger partial charge is 0.366 e. The standard InChI is InChI=1S/C17H22BrN3/c1-4-21(11-15-7-5-6-12(2)20-15)17-9-8-14(18)10-16(17)13(3)19/h5-10,13H,4,11,19H2,1-3H3. The van der Waals surface area contributed by atoms with Crippen LogP contribution in [0.3, 0.4) is 0 Å². The van der Waals surface area contributed by atoms with E-state index in [0.29, 0.717) is 0 Å². The van der Waals surface area contributed by atoms with Crippen LogP contribution in [0.15, 0.2) is 40.9 Å². The maximum absolute atomic E-state index is 6.13. The molecule has 0 aliphatic rings. The Kier molecular flexibility index (Phi) is 5.37. The fourth-order valence-electron chi connectivity index (χ4n) is 2.43. The van der Waals surface area contributed by atoms with Gasteiger partial charge in [-0.05, 0) is 56.7 Å². The molecular formula is C17H22BrN3. The Hall–Kier alpha value is -1.39. The van der Waals surface area contributed by atoms with Gasteiger partial charge in [0.1, 0.15) is 0 Å². The van der Waals surface area contributed by atoms with E-state index in [1.807, 2.05) is 19.9 Å². The fourth-order valence-corrected chi connectivity index (χ4v) is 2.81. The molecule has 1 unspecified atom stereocenters. The Labute approximate surface area is 135 Å². The molecule has 1 atom stereocenters. The summed E-state index contributed by atoms with van der Waals surface area (Å²) in [5.74, 6) is 0. The average Bonchev–Trinajstić information content (AvgIpc) is 2.45. The van der Waals surface area contributed by atoms with Gasteiger partial charge in [-0.2, -0.15) is 0 Å². The van der Waals surface area contributed by atoms with Crippen LogP contribution in [0.2, 0.25) is 0 Å². The number of hydrogen-bond donors (Lipinski definition) is 1. The highest BCUT2D eigenvalue weighted by Gasteiger charge is 2.14. The lowest BCUT2D eigenvalue weighted by Crippen LogP contribution is -2.25. The number of rotatable bonds is 5. The van der Waals surface area contributed by atoms with Gasteiger partial charge in [-0.1, -0.05) is 22.0 Å². The zero-order chi connectivity index (χ0) is 15.4. The lowest BCUT2D eigenvalue weighted by Gasteiger charge is -2.27. The molecule has 1 aromatic carbocycles. The van der Waals surface area contributed by atoms with Crippen LogP contribution in [0.5, 0.6) is 0 Å². The second kappa shape index (κ2) is 7.05. The molecule has 3 nitrogen and oxygen atoms in total. The Morgan fingerprint density at radius 1 is 1.29 bits per heavy atom. The van der Waals surface area contributed by atoms with Crippen molar-refractivity contribution >= 4 is 21.6 Å². The second-order valence-electron chi connectivity index (χ2n) is 5.28. The van der Waals surface area contributed by atoms with E-state index in [-0.39, 0.29) is 6.04 Å². The van der Waals surface area contributed by atoms with E-state index in [1.165, 1.54) is 5.69 Å². The summed E-state index contributed by atoms with van der Waals surface area (Å²) in [4.78, 5) is 6.91. The number of nitrogens with two attached hydrogens (primary N) is 1. The molecule has 0 radical (unpaired) electrons. The number of hydrogen-bond acceptors (Lipinski definition) is 3. The Morgan fingerprint density at radius 2 is 2.05 bits per heavy atom. The number of pyridine rings is 1. The first-order chi connectivity index (χ1) is 10.0. The summed E-state index contributed by atoms with van der Waals surface area (Å²) in [5, 5.41) is 0. The summed E-state index contributed by atoms with van der Waals surface area (Å²) in [7, 11) is 0. The third-order valence-electron chi connectivity index (χ3n) is 3.50. The highest BCUT2D eigenvalue weighted by molar-refractivity contribution is 9.10. The molecule has 1 heterocycles. The molecule has 0 spiro atoms. The van der Waals surface area contributed by atoms with Crippen molar-refractivity contribution in [2.24, 2.45) is 5.73 Å². The minimum absolute atomic E-state index is 0.00276. The van der Waals surface area contributed by atoms with Gasteiger partial charge in [0, 0.05) is 28.4 Å². The van der Waals surface area contributed by atoms with Crippen molar-refractivity contribution in [3.8, 4) is 0 Å². The average molecular weight is 348 g/mol. The van der Waals surface area contributed by atoms with Crippen LogP contribution in [0.1, 0.15) is 36.8 Å². The summed E-state index contributed by atoms with van der Waals surface area (Å²) in [6.45, 7) is 7.90. The summed E-state index contributed by atoms with van der Waals surface area (Å²) < 4.78 is 1.06. The Bertz CT molecular complexity index is 611. The first-order valence-electron chi connectivity index (χ1n) is 7.23. The second-order valence-corrected chi connectivity index (χ2v) is 6.19. The number of nitrogens with zero attached hydrogens (tertiary/aromatic N) is 2. The van der Waals surface area contributed by atoms with Gasteiger partial charge in [-0.3, -0.25) is 4.98 Å². The van der Waals surface area contributed by atoms with Crippen LogP contribution >= 0.6 is 15.9 Å². The van der Waals surface area contributed by atoms with Crippen molar-refractivity contribution in [2.75, 3.05) is 11.4 Å². The summed E-state index contributed by atoms with van der Waals surface area (Å²) in [6.07, 6.45) is 0. The van der Waals surface area contributed by atoms with Crippen LogP contribution in [-0.4, -0.2) is 11.5 Å². The van der Waals surface area contributed by atoms with Gasteiger partial charge in [-0.25, -0.2) is 0 Å². The van der Waals surface area contributed by atoms with Crippen LogP contribution in [0.4, 0.5) is 5.69 Å². The van der Waals surface area contributed by atoms with Crippen LogP contribution < -0.4 is 10.6 Å². The number of halogens is 1. The van der Waals surface area contributed by atoms with Gasteiger partial charge in [0.25, 0.3) is 0 Å². The highest BCUT2D eigenvalue weighted by atomic mass is 79.9. The molecule has 0 saturated heterocycles. The molecule has 4 heteroatoms. The predicted octanol–water partition coefficient (Wildman–Crippen LogP) is 4.20. The molecule has 0 amide bonds. The lowest BCUT2D eigenvalue weighted by atomic mass is 10.1. The number of aryl methyl sites for hydroxylation is 1. The molecular weight excluding hydrogens is 326 g/mol. The van der Waals surface area contributed by atoms with Crippen molar-refractivity contribution in [2.45, 2.75) is 33.4 Å². The molecule has 0 aliphatic carbocycles. The van der Waals surface area contributed by atoms with E-state index >= 15 is 0 Å². The normalized spacial score (nSPS) is 12.2. The predicted molar refractivity (Wildman–Crippen MR) is 92.4 cm³/mol. The monoisotopic (exact) mass is 347 g/mol. The van der Waals surface area contributed by atoms with Crippen molar-refractivity contribution in [1.82, 2.24) is 4.98 Å². The molecule has 0 saturated carbocycles. The minimum atomic E-state index is -0.00276. The molecule has 2 rings (SSSR count). The molecule has 2 N–H and O–H groups in total. The quantitative estimate of drug-likeness (QED) is 0.881. The van der Waals surface area contributed by atoms with E-state index in [2.05, 4.69) is 63.1 Å². The molecule has 1 aromatic heterocycles. The van der Waals surface area contributed by atoms with Crippen LogP contribution in [0.25, 0.3) is 0 Å². The zero-order valence-corrected chi connectivity index (χ0v) is 14.4. The van der Waals surface area contributed by atoms with Gasteiger partial charge < -0.3 is 10.6 Å². The number of benzene rings is 1. The lowest BCUT2D eigenvalue weighted by molar-refractivity contribution is 0.766. The molecule has 112 valence electrons. The molecule has 0 fully saturated rings. The van der Waals surface area contributed by atoms with Gasteiger partial charge >= 0.3 is 0 Å². The number of aromatic nitrogens is 1. The first kappa shape index (κ1) is 16.0. The Balaban J connectivity index is 2.33. The number of anilines is 1. The van der Waals surface area contributed by atoms with Gasteiger partial charge in [0.2, 0.25) is 0 Å². The molecule has 2 aromatic rings. The van der Waals surface area contributed by atoms with Gasteiger partial charge in [0.15, 0.2) is 0 Å². The van der Waals surface area contributed by atoms with E-state index in [1.54, 1.807) is 0 Å². The maximum atomic E-state index is 6.13. The van der Waals surface area contributed by atoms with Crippen molar-refractivity contribution in [3.05, 3.63) is 57.8 Å². The third kappa shape index (κ3) is 4.05. The third-order valence-corrected chi connectivity index (χ3v) is 3.99. The molecule has 21 heavy (non-hydrogen) atoms. The van der Waals surface area contributed by atoms with E-state index in [4.69, 9.17) is 5.73 Å². The van der Waals surface area contributed by atoms with Crippen LogP contribution in [-0.2, 0) is 6.54 Å².